The molecule has 6 N–H and O–H groups in total. The van der Waals surface area contributed by atoms with Gasteiger partial charge in [-0.15, -0.1) is 0 Å². The minimum Gasteiger partial charge on any atom is -0.508 e. The molecule has 0 unspecified atom stereocenters. The quantitative estimate of drug-likeness (QED) is 0.333. The van der Waals surface area contributed by atoms with Gasteiger partial charge in [0.2, 0.25) is 5.78 Å². The zero-order chi connectivity index (χ0) is 29.6. The summed E-state index contributed by atoms with van der Waals surface area (Å²) in [5, 5.41) is 46.0. The third-order valence-corrected chi connectivity index (χ3v) is 9.46. The van der Waals surface area contributed by atoms with Gasteiger partial charge in [-0.3, -0.25) is 24.2 Å². The molecule has 0 spiro atoms. The molecule has 0 aromatic heterocycles. The van der Waals surface area contributed by atoms with Crippen LogP contribution in [0.4, 0.5) is 5.69 Å². The number of hydrogen-bond donors (Lipinski definition) is 5. The van der Waals surface area contributed by atoms with E-state index in [4.69, 9.17) is 5.73 Å². The second kappa shape index (κ2) is 9.32. The Labute approximate surface area is 233 Å². The lowest BCUT2D eigenvalue weighted by atomic mass is 9.57. The predicted octanol–water partition coefficient (Wildman–Crippen LogP) is 1.14. The van der Waals surface area contributed by atoms with E-state index < -0.39 is 58.0 Å². The highest BCUT2D eigenvalue weighted by atomic mass is 16.3. The van der Waals surface area contributed by atoms with Gasteiger partial charge in [-0.2, -0.15) is 0 Å². The molecule has 1 amide bonds. The van der Waals surface area contributed by atoms with Crippen molar-refractivity contribution in [2.45, 2.75) is 63.9 Å². The molecule has 11 nitrogen and oxygen atoms in total. The minimum atomic E-state index is -2.64. The van der Waals surface area contributed by atoms with Crippen LogP contribution in [0.15, 0.2) is 16.9 Å². The Morgan fingerprint density at radius 2 is 1.73 bits per heavy atom. The van der Waals surface area contributed by atoms with Gasteiger partial charge < -0.3 is 31.1 Å². The number of carbonyl (C=O) groups is 3. The number of anilines is 1. The average Bonchev–Trinajstić information content (AvgIpc) is 3.30. The van der Waals surface area contributed by atoms with E-state index in [1.165, 1.54) is 4.90 Å². The standard InChI is InChI=1S/C29H38N4O7/c1-7-12(2)33-10-15-16(11-33)23(34)19-14(21(15)31(3)4)8-13-9-17-22(32(5)6)25(36)20(28(30)39)27(38)29(17,40)26(37)18(13)24(19)35/h12-13,17,22,34-35,38,40H,7-11H2,1-6H3,(H2,30,39)/t12-,13-,17-,22-,29-/m0/s1. The summed E-state index contributed by atoms with van der Waals surface area (Å²) in [4.78, 5) is 45.2. The average molecular weight is 555 g/mol. The molecule has 0 radical (unpaired) electrons. The number of nitrogens with zero attached hydrogens (tertiary/aromatic N) is 3. The van der Waals surface area contributed by atoms with Crippen LogP contribution in [-0.2, 0) is 33.9 Å². The molecule has 0 saturated heterocycles. The van der Waals surface area contributed by atoms with Crippen LogP contribution in [-0.4, -0.2) is 93.6 Å². The normalized spacial score (nSPS) is 28.9. The van der Waals surface area contributed by atoms with Crippen molar-refractivity contribution in [2.24, 2.45) is 17.6 Å². The van der Waals surface area contributed by atoms with E-state index in [0.717, 1.165) is 17.7 Å². The van der Waals surface area contributed by atoms with Crippen molar-refractivity contribution in [1.29, 1.82) is 0 Å². The number of aliphatic hydroxyl groups excluding tert-OH is 2. The second-order valence-corrected chi connectivity index (χ2v) is 12.0. The van der Waals surface area contributed by atoms with Gasteiger partial charge in [0.25, 0.3) is 5.91 Å². The highest BCUT2D eigenvalue weighted by Gasteiger charge is 2.64. The highest BCUT2D eigenvalue weighted by Crippen LogP contribution is 2.55. The number of aromatic hydroxyl groups is 1. The second-order valence-electron chi connectivity index (χ2n) is 12.0. The van der Waals surface area contributed by atoms with Crippen LogP contribution < -0.4 is 10.6 Å². The fourth-order valence-corrected chi connectivity index (χ4v) is 7.38. The van der Waals surface area contributed by atoms with Crippen molar-refractivity contribution < 1.29 is 34.8 Å². The van der Waals surface area contributed by atoms with Gasteiger partial charge in [-0.1, -0.05) is 6.92 Å². The summed E-state index contributed by atoms with van der Waals surface area (Å²) in [6.07, 6.45) is 1.26. The number of amides is 1. The van der Waals surface area contributed by atoms with Crippen molar-refractivity contribution in [3.05, 3.63) is 39.2 Å². The van der Waals surface area contributed by atoms with Crippen molar-refractivity contribution in [2.75, 3.05) is 33.1 Å². The Kier molecular flexibility index (Phi) is 6.56. The maximum absolute atomic E-state index is 14.1. The van der Waals surface area contributed by atoms with E-state index in [-0.39, 0.29) is 35.8 Å². The van der Waals surface area contributed by atoms with Crippen LogP contribution in [0.1, 0.15) is 48.9 Å². The number of fused-ring (bicyclic) bond motifs is 4. The Balaban J connectivity index is 1.74. The van der Waals surface area contributed by atoms with Gasteiger partial charge in [0.1, 0.15) is 22.8 Å². The Hall–Kier alpha value is -3.41. The molecule has 1 aliphatic heterocycles. The number of ketones is 2. The van der Waals surface area contributed by atoms with Crippen LogP contribution >= 0.6 is 0 Å². The molecule has 216 valence electrons. The van der Waals surface area contributed by atoms with Gasteiger partial charge >= 0.3 is 0 Å². The summed E-state index contributed by atoms with van der Waals surface area (Å²) in [6, 6.07) is -0.842. The van der Waals surface area contributed by atoms with Crippen molar-refractivity contribution in [3.8, 4) is 5.75 Å². The molecular formula is C29H38N4O7. The number of rotatable bonds is 5. The Morgan fingerprint density at radius 1 is 1.10 bits per heavy atom. The van der Waals surface area contributed by atoms with Crippen LogP contribution in [0.5, 0.6) is 5.75 Å². The van der Waals surface area contributed by atoms with Gasteiger partial charge in [0, 0.05) is 56.0 Å². The molecule has 1 heterocycles. The first kappa shape index (κ1) is 28.1. The summed E-state index contributed by atoms with van der Waals surface area (Å²) in [7, 11) is 6.97. The van der Waals surface area contributed by atoms with Crippen molar-refractivity contribution >= 4 is 28.9 Å². The summed E-state index contributed by atoms with van der Waals surface area (Å²) >= 11 is 0. The molecule has 3 aliphatic carbocycles. The topological polar surface area (TPSA) is 168 Å². The van der Waals surface area contributed by atoms with Gasteiger partial charge in [0.05, 0.1) is 11.6 Å². The fourth-order valence-electron chi connectivity index (χ4n) is 7.38. The summed E-state index contributed by atoms with van der Waals surface area (Å²) in [5.41, 5.74) is 5.16. The van der Waals surface area contributed by atoms with E-state index in [9.17, 15) is 34.8 Å². The molecule has 0 bridgehead atoms. The first-order chi connectivity index (χ1) is 18.7. The first-order valence-corrected chi connectivity index (χ1v) is 13.6. The monoisotopic (exact) mass is 554 g/mol. The van der Waals surface area contributed by atoms with E-state index in [2.05, 4.69) is 18.7 Å². The zero-order valence-electron chi connectivity index (χ0n) is 23.8. The van der Waals surface area contributed by atoms with Gasteiger partial charge in [-0.05, 0) is 57.3 Å². The molecule has 5 atom stereocenters. The van der Waals surface area contributed by atoms with Crippen LogP contribution in [0.25, 0.3) is 5.76 Å². The number of phenols is 1. The van der Waals surface area contributed by atoms with Gasteiger partial charge in [-0.25, -0.2) is 0 Å². The molecule has 1 aromatic rings. The van der Waals surface area contributed by atoms with Crippen molar-refractivity contribution in [3.63, 3.8) is 0 Å². The number of carbonyl (C=O) groups excluding carboxylic acids is 3. The lowest BCUT2D eigenvalue weighted by Gasteiger charge is -2.50. The number of aliphatic hydroxyl groups is 3. The molecule has 5 rings (SSSR count). The molecule has 40 heavy (non-hydrogen) atoms. The number of hydrogen-bond acceptors (Lipinski definition) is 10. The van der Waals surface area contributed by atoms with E-state index in [1.807, 2.05) is 19.0 Å². The predicted molar refractivity (Wildman–Crippen MR) is 148 cm³/mol. The van der Waals surface area contributed by atoms with E-state index in [0.29, 0.717) is 24.2 Å². The lowest BCUT2D eigenvalue weighted by molar-refractivity contribution is -0.153. The maximum Gasteiger partial charge on any atom is 0.255 e. The lowest BCUT2D eigenvalue weighted by Crippen LogP contribution is -2.65. The third-order valence-electron chi connectivity index (χ3n) is 9.46. The molecule has 11 heteroatoms. The summed E-state index contributed by atoms with van der Waals surface area (Å²) in [6.45, 7) is 5.33. The highest BCUT2D eigenvalue weighted by molar-refractivity contribution is 6.24. The Morgan fingerprint density at radius 3 is 2.27 bits per heavy atom. The number of benzene rings is 1. The third kappa shape index (κ3) is 3.57. The fraction of sp³-hybridized carbons (Fsp3) is 0.552. The molecular weight excluding hydrogens is 516 g/mol. The number of likely N-dealkylation sites (N-methyl/N-ethyl adjacent to an activating group) is 1. The van der Waals surface area contributed by atoms with Crippen molar-refractivity contribution in [1.82, 2.24) is 9.80 Å². The largest absolute Gasteiger partial charge is 0.508 e. The number of primary amides is 1. The van der Waals surface area contributed by atoms with E-state index >= 15 is 0 Å². The SMILES string of the molecule is CC[C@H](C)N1Cc2c(O)c3c(c(N(C)C)c2C1)C[C@H]1C[C@H]2[C@H](N(C)C)C(=O)C(C(N)=O)=C(O)[C@@]2(O)C(=O)C1=C3O. The number of phenolic OH excluding ortho intramolecular Hbond substituents is 1. The molecule has 4 aliphatic rings. The summed E-state index contributed by atoms with van der Waals surface area (Å²) < 4.78 is 0. The summed E-state index contributed by atoms with van der Waals surface area (Å²) in [5.74, 6) is -6.36. The minimum absolute atomic E-state index is 0.0650. The van der Waals surface area contributed by atoms with E-state index in [1.54, 1.807) is 14.1 Å². The number of nitrogens with two attached hydrogens (primary N) is 1. The Bertz CT molecular complexity index is 1410. The number of Topliss-reactive ketones (excluding diaryl/α,β-unsaturated/α-hetero) is 2. The maximum atomic E-state index is 14.1. The molecule has 1 saturated carbocycles. The first-order valence-electron chi connectivity index (χ1n) is 13.6. The zero-order valence-corrected chi connectivity index (χ0v) is 23.8. The molecule has 1 aromatic carbocycles. The van der Waals surface area contributed by atoms with Crippen LogP contribution in [0.3, 0.4) is 0 Å². The van der Waals surface area contributed by atoms with Crippen LogP contribution in [0, 0.1) is 11.8 Å². The smallest absolute Gasteiger partial charge is 0.255 e. The van der Waals surface area contributed by atoms with Crippen LogP contribution in [0.2, 0.25) is 0 Å². The van der Waals surface area contributed by atoms with Gasteiger partial charge in [0.15, 0.2) is 11.4 Å². The molecule has 1 fully saturated rings.